The van der Waals surface area contributed by atoms with E-state index in [1.807, 2.05) is 24.3 Å². The van der Waals surface area contributed by atoms with Crippen LogP contribution < -0.4 is 10.1 Å². The molecule has 0 bridgehead atoms. The van der Waals surface area contributed by atoms with Crippen molar-refractivity contribution in [1.82, 2.24) is 20.1 Å². The number of halogens is 3. The summed E-state index contributed by atoms with van der Waals surface area (Å²) in [6.07, 6.45) is 3.23. The number of H-pyrrole nitrogens is 1. The van der Waals surface area contributed by atoms with Gasteiger partial charge in [0.2, 0.25) is 0 Å². The lowest BCUT2D eigenvalue weighted by atomic mass is 9.88. The fourth-order valence-corrected chi connectivity index (χ4v) is 6.39. The molecule has 6 rings (SSSR count). The summed E-state index contributed by atoms with van der Waals surface area (Å²) in [5, 5.41) is 14.9. The van der Waals surface area contributed by atoms with E-state index >= 15 is 0 Å². The number of furan rings is 1. The van der Waals surface area contributed by atoms with Crippen LogP contribution in [0.25, 0.3) is 21.9 Å². The molecule has 234 valence electrons. The number of carbonyl (C=O) groups is 1. The van der Waals surface area contributed by atoms with Gasteiger partial charge in [0.1, 0.15) is 29.5 Å². The average molecular weight is 636 g/mol. The van der Waals surface area contributed by atoms with Crippen molar-refractivity contribution >= 4 is 52.6 Å². The number of amides is 1. The van der Waals surface area contributed by atoms with Gasteiger partial charge in [-0.15, -0.1) is 24.8 Å². The van der Waals surface area contributed by atoms with Gasteiger partial charge in [-0.3, -0.25) is 4.79 Å². The van der Waals surface area contributed by atoms with E-state index in [0.717, 1.165) is 68.6 Å². The fraction of sp³-hybridized carbons (Fsp3) is 0.469. The maximum absolute atomic E-state index is 13.7. The van der Waals surface area contributed by atoms with Crippen molar-refractivity contribution in [3.63, 3.8) is 0 Å². The number of aromatic nitrogens is 1. The second-order valence-corrected chi connectivity index (χ2v) is 11.9. The van der Waals surface area contributed by atoms with Crippen molar-refractivity contribution in [2.24, 2.45) is 11.8 Å². The topological polar surface area (TPSA) is 94.0 Å². The van der Waals surface area contributed by atoms with Crippen molar-refractivity contribution in [3.05, 3.63) is 65.8 Å². The molecule has 0 spiro atoms. The Morgan fingerprint density at radius 3 is 2.51 bits per heavy atom. The van der Waals surface area contributed by atoms with Crippen LogP contribution in [-0.4, -0.2) is 77.2 Å². The number of benzene rings is 2. The second-order valence-electron chi connectivity index (χ2n) is 11.9. The molecule has 0 aliphatic carbocycles. The Morgan fingerprint density at radius 2 is 1.77 bits per heavy atom. The first kappa shape index (κ1) is 33.1. The smallest absolute Gasteiger partial charge is 0.267 e. The highest BCUT2D eigenvalue weighted by Gasteiger charge is 2.30. The third kappa shape index (κ3) is 7.46. The Kier molecular flexibility index (Phi) is 11.0. The summed E-state index contributed by atoms with van der Waals surface area (Å²) >= 11 is 0. The van der Waals surface area contributed by atoms with Crippen molar-refractivity contribution in [2.75, 3.05) is 39.3 Å². The average Bonchev–Trinajstić information content (AvgIpc) is 3.59. The van der Waals surface area contributed by atoms with Gasteiger partial charge in [0.05, 0.1) is 12.4 Å². The van der Waals surface area contributed by atoms with Crippen LogP contribution in [0, 0.1) is 17.7 Å². The summed E-state index contributed by atoms with van der Waals surface area (Å²) in [6.45, 7) is 10.4. The number of fused-ring (bicyclic) bond motifs is 2. The van der Waals surface area contributed by atoms with Gasteiger partial charge in [-0.25, -0.2) is 4.39 Å². The number of rotatable bonds is 8. The van der Waals surface area contributed by atoms with Gasteiger partial charge < -0.3 is 34.4 Å². The van der Waals surface area contributed by atoms with Crippen molar-refractivity contribution in [2.45, 2.75) is 45.4 Å². The number of aromatic amines is 1. The number of hydrogen-bond donors (Lipinski definition) is 3. The molecule has 3 atom stereocenters. The minimum atomic E-state index is -0.322. The summed E-state index contributed by atoms with van der Waals surface area (Å²) in [5.41, 5.74) is 2.70. The van der Waals surface area contributed by atoms with Crippen LogP contribution in [0.1, 0.15) is 42.7 Å². The zero-order chi connectivity index (χ0) is 28.5. The van der Waals surface area contributed by atoms with Gasteiger partial charge in [-0.2, -0.15) is 0 Å². The van der Waals surface area contributed by atoms with Gasteiger partial charge in [0, 0.05) is 67.2 Å². The lowest BCUT2D eigenvalue weighted by Crippen LogP contribution is -2.50. The highest BCUT2D eigenvalue weighted by atomic mass is 35.5. The zero-order valence-corrected chi connectivity index (χ0v) is 26.2. The molecule has 2 aromatic heterocycles. The lowest BCUT2D eigenvalue weighted by Gasteiger charge is -2.40. The first-order valence-electron chi connectivity index (χ1n) is 14.7. The number of piperidine rings is 2. The molecule has 2 aliphatic rings. The Balaban J connectivity index is 0.00000212. The number of aliphatic hydroxyl groups excluding tert-OH is 1. The Bertz CT molecular complexity index is 1510. The molecule has 2 aliphatic heterocycles. The standard InChI is InChI=1S/C32H39FN4O4.2ClH/c1-20-16-37(17-21(2)31(20)38)13-12-36-10-8-24(9-11-36)34-32(39)28-15-26-27(35-28)4-3-5-29(26)40-18-22-19-41-30-7-6-23(33)14-25(22)30;;/h3-7,14-15,19-21,24,31,35,38H,8-13,16-18H2,1-2H3,(H,34,39);2*1H/t20-,21+,31?;;. The van der Waals surface area contributed by atoms with E-state index in [1.165, 1.54) is 12.1 Å². The lowest BCUT2D eigenvalue weighted by molar-refractivity contribution is -0.0109. The summed E-state index contributed by atoms with van der Waals surface area (Å²) in [7, 11) is 0. The third-order valence-corrected chi connectivity index (χ3v) is 8.78. The monoisotopic (exact) mass is 634 g/mol. The minimum Gasteiger partial charge on any atom is -0.488 e. The molecule has 2 saturated heterocycles. The number of carbonyl (C=O) groups excluding carboxylic acids is 1. The van der Waals surface area contributed by atoms with E-state index in [2.05, 4.69) is 33.9 Å². The molecule has 1 unspecified atom stereocenters. The van der Waals surface area contributed by atoms with Crippen LogP contribution in [0.2, 0.25) is 0 Å². The van der Waals surface area contributed by atoms with Crippen molar-refractivity contribution in [1.29, 1.82) is 0 Å². The Morgan fingerprint density at radius 1 is 1.05 bits per heavy atom. The SMILES string of the molecule is C[C@@H]1CN(CCN2CCC(NC(=O)c3cc4c(OCc5coc6ccc(F)cc56)cccc4[nH]3)CC2)C[C@H](C)C1O.Cl.Cl. The van der Waals surface area contributed by atoms with E-state index in [9.17, 15) is 14.3 Å². The maximum Gasteiger partial charge on any atom is 0.267 e. The van der Waals surface area contributed by atoms with Crippen LogP contribution in [-0.2, 0) is 6.61 Å². The van der Waals surface area contributed by atoms with Crippen molar-refractivity contribution in [3.8, 4) is 5.75 Å². The van der Waals surface area contributed by atoms with Crippen molar-refractivity contribution < 1.29 is 23.4 Å². The van der Waals surface area contributed by atoms with E-state index < -0.39 is 0 Å². The summed E-state index contributed by atoms with van der Waals surface area (Å²) in [5.74, 6) is 0.836. The predicted molar refractivity (Wildman–Crippen MR) is 171 cm³/mol. The van der Waals surface area contributed by atoms with Crippen LogP contribution in [0.4, 0.5) is 4.39 Å². The highest BCUT2D eigenvalue weighted by Crippen LogP contribution is 2.29. The largest absolute Gasteiger partial charge is 0.488 e. The minimum absolute atomic E-state index is 0. The number of likely N-dealkylation sites (tertiary alicyclic amines) is 2. The summed E-state index contributed by atoms with van der Waals surface area (Å²) < 4.78 is 25.4. The second kappa shape index (κ2) is 14.3. The zero-order valence-electron chi connectivity index (χ0n) is 24.6. The maximum atomic E-state index is 13.7. The fourth-order valence-electron chi connectivity index (χ4n) is 6.39. The van der Waals surface area contributed by atoms with Gasteiger partial charge in [-0.05, 0) is 61.1 Å². The Labute approximate surface area is 263 Å². The molecule has 0 saturated carbocycles. The number of hydrogen-bond acceptors (Lipinski definition) is 6. The normalized spacial score (nSPS) is 21.8. The number of aliphatic hydroxyl groups is 1. The highest BCUT2D eigenvalue weighted by molar-refractivity contribution is 5.99. The predicted octanol–water partition coefficient (Wildman–Crippen LogP) is 5.62. The van der Waals surface area contributed by atoms with E-state index in [0.29, 0.717) is 34.2 Å². The van der Waals surface area contributed by atoms with E-state index in [4.69, 9.17) is 9.15 Å². The molecule has 8 nitrogen and oxygen atoms in total. The molecular weight excluding hydrogens is 594 g/mol. The molecule has 4 aromatic rings. The van der Waals surface area contributed by atoms with Gasteiger partial charge >= 0.3 is 0 Å². The number of ether oxygens (including phenoxy) is 1. The summed E-state index contributed by atoms with van der Waals surface area (Å²) in [6, 6.07) is 12.1. The van der Waals surface area contributed by atoms with Gasteiger partial charge in [-0.1, -0.05) is 19.9 Å². The van der Waals surface area contributed by atoms with Crippen LogP contribution in [0.5, 0.6) is 5.75 Å². The molecule has 2 aromatic carbocycles. The van der Waals surface area contributed by atoms with Crippen LogP contribution >= 0.6 is 24.8 Å². The number of nitrogens with one attached hydrogen (secondary N) is 2. The molecule has 3 N–H and O–H groups in total. The third-order valence-electron chi connectivity index (χ3n) is 8.78. The quantitative estimate of drug-likeness (QED) is 0.233. The molecule has 11 heteroatoms. The first-order chi connectivity index (χ1) is 19.8. The van der Waals surface area contributed by atoms with E-state index in [1.54, 1.807) is 12.3 Å². The van der Waals surface area contributed by atoms with Crippen LogP contribution in [0.15, 0.2) is 53.1 Å². The number of nitrogens with zero attached hydrogens (tertiary/aromatic N) is 2. The van der Waals surface area contributed by atoms with Crippen LogP contribution in [0.3, 0.4) is 0 Å². The molecule has 2 fully saturated rings. The van der Waals surface area contributed by atoms with Gasteiger partial charge in [0.25, 0.3) is 5.91 Å². The summed E-state index contributed by atoms with van der Waals surface area (Å²) in [4.78, 5) is 21.3. The Hall–Kier alpha value is -2.82. The van der Waals surface area contributed by atoms with E-state index in [-0.39, 0.29) is 55.3 Å². The molecule has 43 heavy (non-hydrogen) atoms. The van der Waals surface area contributed by atoms with Gasteiger partial charge in [0.15, 0.2) is 0 Å². The molecule has 4 heterocycles. The molecule has 1 amide bonds. The first-order valence-corrected chi connectivity index (χ1v) is 14.7. The molecule has 0 radical (unpaired) electrons. The molecular formula is C32H41Cl2FN4O4.